The van der Waals surface area contributed by atoms with Gasteiger partial charge in [-0.25, -0.2) is 0 Å². The molecule has 0 bridgehead atoms. The van der Waals surface area contributed by atoms with Crippen molar-refractivity contribution in [3.63, 3.8) is 0 Å². The maximum Gasteiger partial charge on any atom is 0.275 e. The Kier molecular flexibility index (Phi) is 3.81. The lowest BCUT2D eigenvalue weighted by molar-refractivity contribution is -0.156. The van der Waals surface area contributed by atoms with Gasteiger partial charge in [0.2, 0.25) is 0 Å². The molecule has 2 aliphatic heterocycles. The minimum Gasteiger partial charge on any atom is -0.493 e. The minimum absolute atomic E-state index is 0.164. The smallest absolute Gasteiger partial charge is 0.275 e. The molecule has 0 radical (unpaired) electrons. The van der Waals surface area contributed by atoms with Gasteiger partial charge in [0.25, 0.3) is 11.5 Å². The maximum atomic E-state index is 12.9. The first-order chi connectivity index (χ1) is 12.6. The first kappa shape index (κ1) is 16.4. The summed E-state index contributed by atoms with van der Waals surface area (Å²) in [6.07, 6.45) is -1.03. The van der Waals surface area contributed by atoms with Gasteiger partial charge in [0.1, 0.15) is 6.10 Å². The molecule has 2 N–H and O–H groups in total. The van der Waals surface area contributed by atoms with Gasteiger partial charge < -0.3 is 24.7 Å². The summed E-state index contributed by atoms with van der Waals surface area (Å²) in [4.78, 5) is 18.4. The number of nitrogens with zero attached hydrogens (tertiary/aromatic N) is 1. The summed E-state index contributed by atoms with van der Waals surface area (Å²) in [7, 11) is 2.98. The fourth-order valence-corrected chi connectivity index (χ4v) is 3.40. The van der Waals surface area contributed by atoms with Crippen LogP contribution in [0, 0.1) is 0 Å². The molecule has 134 valence electrons. The Morgan fingerprint density at radius 2 is 1.96 bits per heavy atom. The molecule has 2 aromatic rings. The van der Waals surface area contributed by atoms with E-state index in [0.29, 0.717) is 28.5 Å². The molecule has 2 heterocycles. The molecule has 1 spiro atoms. The fourth-order valence-electron chi connectivity index (χ4n) is 3.40. The van der Waals surface area contributed by atoms with Crippen LogP contribution < -0.4 is 14.8 Å². The van der Waals surface area contributed by atoms with Crippen molar-refractivity contribution >= 4 is 17.3 Å². The predicted octanol–water partition coefficient (Wildman–Crippen LogP) is 2.25. The lowest BCUT2D eigenvalue weighted by Crippen LogP contribution is -2.51. The zero-order valence-electron chi connectivity index (χ0n) is 14.4. The van der Waals surface area contributed by atoms with Crippen LogP contribution in [0.1, 0.15) is 23.7 Å². The van der Waals surface area contributed by atoms with Gasteiger partial charge in [-0.05, 0) is 11.6 Å². The van der Waals surface area contributed by atoms with Gasteiger partial charge in [0.15, 0.2) is 11.5 Å². The third kappa shape index (κ3) is 2.24. The summed E-state index contributed by atoms with van der Waals surface area (Å²) >= 11 is 0. The zero-order valence-corrected chi connectivity index (χ0v) is 14.4. The van der Waals surface area contributed by atoms with E-state index in [2.05, 4.69) is 10.5 Å². The number of benzene rings is 2. The van der Waals surface area contributed by atoms with Crippen LogP contribution in [0.25, 0.3) is 0 Å². The summed E-state index contributed by atoms with van der Waals surface area (Å²) in [5.41, 5.74) is 0.835. The first-order valence-corrected chi connectivity index (χ1v) is 8.15. The number of amides is 1. The average molecular weight is 354 g/mol. The van der Waals surface area contributed by atoms with Crippen LogP contribution in [0.3, 0.4) is 0 Å². The van der Waals surface area contributed by atoms with Crippen molar-refractivity contribution in [3.05, 3.63) is 53.6 Å². The van der Waals surface area contributed by atoms with E-state index in [-0.39, 0.29) is 6.42 Å². The molecule has 0 unspecified atom stereocenters. The quantitative estimate of drug-likeness (QED) is 0.882. The van der Waals surface area contributed by atoms with E-state index in [4.69, 9.17) is 14.3 Å². The lowest BCUT2D eigenvalue weighted by Gasteiger charge is -2.36. The normalized spacial score (nSPS) is 23.7. The molecule has 0 saturated heterocycles. The van der Waals surface area contributed by atoms with Gasteiger partial charge in [-0.1, -0.05) is 41.6 Å². The molecule has 0 aromatic heterocycles. The third-order valence-corrected chi connectivity index (χ3v) is 4.79. The van der Waals surface area contributed by atoms with Crippen molar-refractivity contribution in [2.45, 2.75) is 18.1 Å². The van der Waals surface area contributed by atoms with Crippen LogP contribution in [0.4, 0.5) is 5.69 Å². The molecule has 1 amide bonds. The van der Waals surface area contributed by atoms with Gasteiger partial charge in [-0.2, -0.15) is 0 Å². The molecular weight excluding hydrogens is 336 g/mol. The van der Waals surface area contributed by atoms with Gasteiger partial charge >= 0.3 is 0 Å². The summed E-state index contributed by atoms with van der Waals surface area (Å²) in [6.45, 7) is 0. The monoisotopic (exact) mass is 354 g/mol. The molecule has 7 heteroatoms. The Morgan fingerprint density at radius 1 is 1.19 bits per heavy atom. The molecule has 2 atom stereocenters. The molecule has 0 saturated carbocycles. The second-order valence-corrected chi connectivity index (χ2v) is 6.18. The number of nitrogens with one attached hydrogen (secondary N) is 1. The van der Waals surface area contributed by atoms with Crippen molar-refractivity contribution in [2.75, 3.05) is 19.5 Å². The van der Waals surface area contributed by atoms with E-state index >= 15 is 0 Å². The van der Waals surface area contributed by atoms with Crippen LogP contribution >= 0.6 is 0 Å². The molecule has 4 rings (SSSR count). The number of carbonyl (C=O) groups is 1. The van der Waals surface area contributed by atoms with E-state index in [0.717, 1.165) is 5.56 Å². The molecular formula is C19H18N2O5. The summed E-state index contributed by atoms with van der Waals surface area (Å²) in [5, 5.41) is 17.8. The highest BCUT2D eigenvalue weighted by atomic mass is 16.7. The number of aliphatic hydroxyl groups excluding tert-OH is 1. The van der Waals surface area contributed by atoms with Crippen LogP contribution in [-0.2, 0) is 9.63 Å². The predicted molar refractivity (Wildman–Crippen MR) is 94.5 cm³/mol. The number of methoxy groups -OCH3 is 2. The Morgan fingerprint density at radius 3 is 2.65 bits per heavy atom. The molecule has 2 aromatic carbocycles. The minimum atomic E-state index is -1.50. The van der Waals surface area contributed by atoms with E-state index in [1.54, 1.807) is 12.1 Å². The zero-order chi connectivity index (χ0) is 18.3. The summed E-state index contributed by atoms with van der Waals surface area (Å²) in [6, 6.07) is 12.8. The number of aliphatic hydroxyl groups is 1. The van der Waals surface area contributed by atoms with E-state index in [1.807, 2.05) is 30.3 Å². The second kappa shape index (κ2) is 6.03. The van der Waals surface area contributed by atoms with Crippen molar-refractivity contribution < 1.29 is 24.2 Å². The number of anilines is 1. The Bertz CT molecular complexity index is 896. The SMILES string of the molecule is COc1ccc2c(c1OC)NC(=O)[C@@]1(CC(c3ccccc3)=NO1)[C@@H]2O. The van der Waals surface area contributed by atoms with Crippen molar-refractivity contribution in [1.29, 1.82) is 0 Å². The number of ether oxygens (including phenoxy) is 2. The number of fused-ring (bicyclic) bond motifs is 1. The van der Waals surface area contributed by atoms with Crippen LogP contribution in [-0.4, -0.2) is 36.5 Å². The van der Waals surface area contributed by atoms with Gasteiger partial charge in [0, 0.05) is 12.0 Å². The second-order valence-electron chi connectivity index (χ2n) is 6.18. The summed E-state index contributed by atoms with van der Waals surface area (Å²) in [5.74, 6) is 0.344. The average Bonchev–Trinajstić information content (AvgIpc) is 3.13. The number of hydrogen-bond acceptors (Lipinski definition) is 6. The maximum absolute atomic E-state index is 12.9. The molecule has 0 fully saturated rings. The summed E-state index contributed by atoms with van der Waals surface area (Å²) < 4.78 is 10.6. The number of oxime groups is 1. The fraction of sp³-hybridized carbons (Fsp3) is 0.263. The standard InChI is InChI=1S/C19H18N2O5/c1-24-14-9-8-12-15(16(14)25-2)20-18(23)19(17(12)22)10-13(21-26-19)11-6-4-3-5-7-11/h3-9,17,22H,10H2,1-2H3,(H,20,23)/t17-,19-/m1/s1. The topological polar surface area (TPSA) is 89.4 Å². The van der Waals surface area contributed by atoms with E-state index in [1.165, 1.54) is 14.2 Å². The highest BCUT2D eigenvalue weighted by Gasteiger charge is 2.57. The highest BCUT2D eigenvalue weighted by molar-refractivity contribution is 6.10. The Hall–Kier alpha value is -3.06. The van der Waals surface area contributed by atoms with E-state index < -0.39 is 17.6 Å². The van der Waals surface area contributed by atoms with Crippen molar-refractivity contribution in [3.8, 4) is 11.5 Å². The van der Waals surface area contributed by atoms with E-state index in [9.17, 15) is 9.90 Å². The first-order valence-electron chi connectivity index (χ1n) is 8.15. The lowest BCUT2D eigenvalue weighted by atomic mass is 9.81. The Balaban J connectivity index is 1.73. The number of hydrogen-bond donors (Lipinski definition) is 2. The largest absolute Gasteiger partial charge is 0.493 e. The van der Waals surface area contributed by atoms with Gasteiger partial charge in [-0.3, -0.25) is 4.79 Å². The number of rotatable bonds is 3. The van der Waals surface area contributed by atoms with Crippen LogP contribution in [0.2, 0.25) is 0 Å². The van der Waals surface area contributed by atoms with Gasteiger partial charge in [0.05, 0.1) is 25.6 Å². The highest BCUT2D eigenvalue weighted by Crippen LogP contribution is 2.49. The Labute approximate surface area is 150 Å². The molecule has 0 aliphatic carbocycles. The van der Waals surface area contributed by atoms with Crippen LogP contribution in [0.15, 0.2) is 47.6 Å². The molecule has 2 aliphatic rings. The van der Waals surface area contributed by atoms with Crippen molar-refractivity contribution in [2.24, 2.45) is 5.16 Å². The van der Waals surface area contributed by atoms with Gasteiger partial charge in [-0.15, -0.1) is 0 Å². The third-order valence-electron chi connectivity index (χ3n) is 4.79. The molecule has 26 heavy (non-hydrogen) atoms. The van der Waals surface area contributed by atoms with Crippen LogP contribution in [0.5, 0.6) is 11.5 Å². The molecule has 7 nitrogen and oxygen atoms in total. The van der Waals surface area contributed by atoms with Crippen molar-refractivity contribution in [1.82, 2.24) is 0 Å². The number of carbonyl (C=O) groups excluding carboxylic acids is 1.